The maximum absolute atomic E-state index is 9.93. The Morgan fingerprint density at radius 1 is 1.52 bits per heavy atom. The number of nitrogens with zero attached hydrogens (tertiary/aromatic N) is 4. The van der Waals surface area contributed by atoms with E-state index >= 15 is 0 Å². The molecule has 1 fully saturated rings. The number of alkyl halides is 1. The fourth-order valence-electron chi connectivity index (χ4n) is 2.37. The molecule has 2 aromatic heterocycles. The van der Waals surface area contributed by atoms with Gasteiger partial charge in [-0.2, -0.15) is 9.97 Å². The van der Waals surface area contributed by atoms with E-state index in [1.165, 1.54) is 6.33 Å². The summed E-state index contributed by atoms with van der Waals surface area (Å²) in [5.41, 5.74) is 6.63. The molecule has 4 atom stereocenters. The van der Waals surface area contributed by atoms with E-state index in [1.807, 2.05) is 0 Å². The summed E-state index contributed by atoms with van der Waals surface area (Å²) in [6.45, 7) is -0.327. The van der Waals surface area contributed by atoms with Gasteiger partial charge in [0.05, 0.1) is 12.9 Å². The van der Waals surface area contributed by atoms with Crippen molar-refractivity contribution in [2.75, 3.05) is 24.7 Å². The van der Waals surface area contributed by atoms with Gasteiger partial charge in [-0.3, -0.25) is 4.57 Å². The third-order valence-corrected chi connectivity index (χ3v) is 3.90. The van der Waals surface area contributed by atoms with Crippen molar-refractivity contribution in [1.29, 1.82) is 0 Å². The van der Waals surface area contributed by atoms with Crippen molar-refractivity contribution in [3.8, 4) is 0 Å². The molecule has 9 nitrogen and oxygen atoms in total. The Morgan fingerprint density at radius 3 is 2.90 bits per heavy atom. The van der Waals surface area contributed by atoms with E-state index in [0.717, 1.165) is 0 Å². The molecule has 0 unspecified atom stereocenters. The predicted molar refractivity (Wildman–Crippen MR) is 75.9 cm³/mol. The Hall–Kier alpha value is -1.68. The van der Waals surface area contributed by atoms with Gasteiger partial charge in [0.1, 0.15) is 17.6 Å². The minimum absolute atomic E-state index is 0.0805. The van der Waals surface area contributed by atoms with Crippen molar-refractivity contribution in [2.45, 2.75) is 23.8 Å². The van der Waals surface area contributed by atoms with Crippen molar-refractivity contribution >= 4 is 34.5 Å². The molecule has 0 bridgehead atoms. The molecular formula is C11H15ClN6O3. The van der Waals surface area contributed by atoms with Crippen molar-refractivity contribution in [1.82, 2.24) is 19.5 Å². The summed E-state index contributed by atoms with van der Waals surface area (Å²) in [5, 5.41) is 21.3. The molecule has 10 heteroatoms. The average Bonchev–Trinajstić information content (AvgIpc) is 3.01. The molecule has 1 saturated heterocycles. The monoisotopic (exact) mass is 314 g/mol. The number of ether oxygens (including phenoxy) is 1. The van der Waals surface area contributed by atoms with Gasteiger partial charge >= 0.3 is 0 Å². The summed E-state index contributed by atoms with van der Waals surface area (Å²) in [6, 6.07) is 0. The number of hydrogen-bond acceptors (Lipinski definition) is 8. The second kappa shape index (κ2) is 5.26. The minimum Gasteiger partial charge on any atom is -0.394 e. The second-order valence-corrected chi connectivity index (χ2v) is 5.19. The number of nitrogens with one attached hydrogen (secondary N) is 1. The van der Waals surface area contributed by atoms with Crippen LogP contribution in [0.5, 0.6) is 0 Å². The highest BCUT2D eigenvalue weighted by Crippen LogP contribution is 2.35. The van der Waals surface area contributed by atoms with E-state index in [0.29, 0.717) is 17.0 Å². The van der Waals surface area contributed by atoms with Crippen molar-refractivity contribution in [2.24, 2.45) is 0 Å². The van der Waals surface area contributed by atoms with Crippen LogP contribution in [0.25, 0.3) is 11.2 Å². The molecule has 0 amide bonds. The van der Waals surface area contributed by atoms with Gasteiger partial charge in [0.25, 0.3) is 0 Å². The van der Waals surface area contributed by atoms with E-state index in [-0.39, 0.29) is 12.6 Å². The zero-order valence-corrected chi connectivity index (χ0v) is 11.9. The van der Waals surface area contributed by atoms with Gasteiger partial charge in [-0.15, -0.1) is 11.6 Å². The molecule has 21 heavy (non-hydrogen) atoms. The highest BCUT2D eigenvalue weighted by atomic mass is 35.5. The van der Waals surface area contributed by atoms with Crippen molar-refractivity contribution < 1.29 is 14.9 Å². The maximum Gasteiger partial charge on any atom is 0.224 e. The van der Waals surface area contributed by atoms with Gasteiger partial charge in [0, 0.05) is 7.05 Å². The van der Waals surface area contributed by atoms with Crippen LogP contribution < -0.4 is 11.1 Å². The number of nitrogens with two attached hydrogens (primary N) is 1. The zero-order valence-electron chi connectivity index (χ0n) is 11.1. The molecule has 0 aromatic carbocycles. The Bertz CT molecular complexity index is 665. The van der Waals surface area contributed by atoms with E-state index in [4.69, 9.17) is 22.1 Å². The molecular weight excluding hydrogens is 300 g/mol. The number of nitrogen functional groups attached to an aromatic ring is 1. The van der Waals surface area contributed by atoms with Crippen molar-refractivity contribution in [3.63, 3.8) is 0 Å². The molecule has 3 heterocycles. The molecule has 5 N–H and O–H groups in total. The van der Waals surface area contributed by atoms with E-state index in [1.54, 1.807) is 11.6 Å². The fraction of sp³-hybridized carbons (Fsp3) is 0.545. The molecule has 2 aromatic rings. The predicted octanol–water partition coefficient (Wildman–Crippen LogP) is -0.692. The molecule has 114 valence electrons. The van der Waals surface area contributed by atoms with Gasteiger partial charge in [-0.25, -0.2) is 4.98 Å². The molecule has 3 rings (SSSR count). The quantitative estimate of drug-likeness (QED) is 0.547. The van der Waals surface area contributed by atoms with Gasteiger partial charge in [0.15, 0.2) is 23.2 Å². The summed E-state index contributed by atoms with van der Waals surface area (Å²) in [7, 11) is 1.70. The van der Waals surface area contributed by atoms with Gasteiger partial charge < -0.3 is 26.0 Å². The third-order valence-electron chi connectivity index (χ3n) is 3.42. The van der Waals surface area contributed by atoms with Crippen LogP contribution in [-0.2, 0) is 4.74 Å². The van der Waals surface area contributed by atoms with Crippen LogP contribution in [0.1, 0.15) is 6.23 Å². The lowest BCUT2D eigenvalue weighted by Gasteiger charge is -2.16. The lowest BCUT2D eigenvalue weighted by molar-refractivity contribution is -0.0431. The minimum atomic E-state index is -0.984. The normalized spacial score (nSPS) is 29.1. The van der Waals surface area contributed by atoms with Crippen LogP contribution in [-0.4, -0.2) is 61.0 Å². The van der Waals surface area contributed by atoms with E-state index in [9.17, 15) is 10.2 Å². The number of imidazole rings is 1. The van der Waals surface area contributed by atoms with Crippen LogP contribution in [0.3, 0.4) is 0 Å². The lowest BCUT2D eigenvalue weighted by atomic mass is 10.2. The smallest absolute Gasteiger partial charge is 0.224 e. The molecule has 0 spiro atoms. The third kappa shape index (κ3) is 2.18. The Kier molecular flexibility index (Phi) is 3.57. The summed E-state index contributed by atoms with van der Waals surface area (Å²) >= 11 is 6.18. The number of rotatable bonds is 3. The second-order valence-electron chi connectivity index (χ2n) is 4.69. The van der Waals surface area contributed by atoms with Crippen LogP contribution in [0, 0.1) is 0 Å². The number of hydrogen-bond donors (Lipinski definition) is 4. The van der Waals surface area contributed by atoms with Crippen LogP contribution in [0.2, 0.25) is 0 Å². The largest absolute Gasteiger partial charge is 0.394 e. The number of aliphatic hydroxyl groups excluding tert-OH is 2. The Morgan fingerprint density at radius 2 is 2.29 bits per heavy atom. The zero-order chi connectivity index (χ0) is 15.1. The lowest BCUT2D eigenvalue weighted by Crippen LogP contribution is -2.29. The van der Waals surface area contributed by atoms with E-state index < -0.39 is 23.8 Å². The molecule has 0 radical (unpaired) electrons. The first-order valence-corrected chi connectivity index (χ1v) is 6.76. The maximum atomic E-state index is 9.93. The van der Waals surface area contributed by atoms with Gasteiger partial charge in [-0.1, -0.05) is 0 Å². The van der Waals surface area contributed by atoms with Crippen LogP contribution >= 0.6 is 11.6 Å². The summed E-state index contributed by atoms with van der Waals surface area (Å²) in [5.74, 6) is 0.566. The van der Waals surface area contributed by atoms with Gasteiger partial charge in [-0.05, 0) is 0 Å². The number of fused-ring (bicyclic) bond motifs is 1. The molecule has 0 saturated carbocycles. The summed E-state index contributed by atoms with van der Waals surface area (Å²) in [6.07, 6.45) is -0.950. The number of aliphatic hydroxyl groups is 2. The molecule has 1 aliphatic heterocycles. The highest BCUT2D eigenvalue weighted by Gasteiger charge is 2.44. The highest BCUT2D eigenvalue weighted by molar-refractivity contribution is 6.21. The standard InChI is InChI=1S/C11H15ClN6O3/c1-14-8-6-9(17-11(13)16-8)18(3-15-6)10-5(12)7(20)4(2-19)21-10/h3-5,7,10,19-20H,2H2,1H3,(H3,13,14,16,17)/t4-,5+,7-,10-/m1/s1. The van der Waals surface area contributed by atoms with E-state index in [2.05, 4.69) is 20.3 Å². The van der Waals surface area contributed by atoms with Crippen LogP contribution in [0.4, 0.5) is 11.8 Å². The first-order valence-electron chi connectivity index (χ1n) is 6.33. The molecule has 0 aliphatic carbocycles. The molecule has 1 aliphatic rings. The Balaban J connectivity index is 2.07. The topological polar surface area (TPSA) is 131 Å². The van der Waals surface area contributed by atoms with Crippen molar-refractivity contribution in [3.05, 3.63) is 6.33 Å². The number of halogens is 1. The average molecular weight is 315 g/mol. The van der Waals surface area contributed by atoms with Crippen LogP contribution in [0.15, 0.2) is 6.33 Å². The SMILES string of the molecule is CNc1nc(N)nc2c1ncn2[C@@H]1O[C@H](CO)[C@@H](O)[C@@H]1Cl. The first kappa shape index (κ1) is 14.3. The number of anilines is 2. The fourth-order valence-corrected chi connectivity index (χ4v) is 2.72. The van der Waals surface area contributed by atoms with Gasteiger partial charge in [0.2, 0.25) is 5.95 Å². The first-order chi connectivity index (χ1) is 10.1. The Labute approximate surface area is 124 Å². The number of aromatic nitrogens is 4. The summed E-state index contributed by atoms with van der Waals surface area (Å²) in [4.78, 5) is 12.4. The summed E-state index contributed by atoms with van der Waals surface area (Å²) < 4.78 is 7.14.